The first-order valence-electron chi connectivity index (χ1n) is 4.66. The number of hydrogen-bond acceptors (Lipinski definition) is 3. The molecule has 3 heteroatoms. The molecule has 3 N–H and O–H groups in total. The number of hydrogen-bond donors (Lipinski definition) is 3. The Balaban J connectivity index is 3.14. The van der Waals surface area contributed by atoms with Crippen LogP contribution in [-0.4, -0.2) is 36.0 Å². The molecule has 1 atom stereocenters. The Morgan fingerprint density at radius 3 is 2.50 bits per heavy atom. The second kappa shape index (κ2) is 7.53. The number of aliphatic hydroxyl groups excluding tert-OH is 2. The quantitative estimate of drug-likeness (QED) is 0.490. The number of nitrogens with one attached hydrogen (secondary N) is 1. The Morgan fingerprint density at radius 1 is 1.33 bits per heavy atom. The Hall–Kier alpha value is -0.120. The van der Waals surface area contributed by atoms with Crippen LogP contribution in [-0.2, 0) is 0 Å². The van der Waals surface area contributed by atoms with E-state index in [1.54, 1.807) is 0 Å². The zero-order valence-corrected chi connectivity index (χ0v) is 8.08. The van der Waals surface area contributed by atoms with Crippen molar-refractivity contribution < 1.29 is 10.2 Å². The molecule has 0 bridgehead atoms. The Kier molecular flexibility index (Phi) is 7.45. The summed E-state index contributed by atoms with van der Waals surface area (Å²) < 4.78 is 0. The minimum Gasteiger partial charge on any atom is -0.396 e. The van der Waals surface area contributed by atoms with Crippen molar-refractivity contribution in [3.8, 4) is 0 Å². The molecule has 0 saturated carbocycles. The van der Waals surface area contributed by atoms with Crippen molar-refractivity contribution in [1.82, 2.24) is 5.32 Å². The standard InChI is InChI=1S/C9H21NO2/c1-8(2)6-9(12)7-10-4-3-5-11/h8-12H,3-7H2,1-2H3. The van der Waals surface area contributed by atoms with Crippen molar-refractivity contribution in [1.29, 1.82) is 0 Å². The van der Waals surface area contributed by atoms with Gasteiger partial charge in [-0.05, 0) is 25.3 Å². The highest BCUT2D eigenvalue weighted by atomic mass is 16.3. The molecule has 0 amide bonds. The fourth-order valence-electron chi connectivity index (χ4n) is 1.10. The van der Waals surface area contributed by atoms with Gasteiger partial charge in [-0.15, -0.1) is 0 Å². The highest BCUT2D eigenvalue weighted by Gasteiger charge is 2.05. The molecule has 0 aromatic carbocycles. The third kappa shape index (κ3) is 7.98. The third-order valence-corrected chi connectivity index (χ3v) is 1.64. The van der Waals surface area contributed by atoms with Crippen LogP contribution in [0.4, 0.5) is 0 Å². The molecule has 0 aromatic heterocycles. The maximum Gasteiger partial charge on any atom is 0.0667 e. The Morgan fingerprint density at radius 2 is 2.00 bits per heavy atom. The summed E-state index contributed by atoms with van der Waals surface area (Å²) in [6, 6.07) is 0. The summed E-state index contributed by atoms with van der Waals surface area (Å²) in [6.07, 6.45) is 1.35. The highest BCUT2D eigenvalue weighted by Crippen LogP contribution is 2.02. The van der Waals surface area contributed by atoms with Crippen LogP contribution in [0.1, 0.15) is 26.7 Å². The summed E-state index contributed by atoms with van der Waals surface area (Å²) in [4.78, 5) is 0. The zero-order chi connectivity index (χ0) is 9.40. The average Bonchev–Trinajstić information content (AvgIpc) is 1.97. The van der Waals surface area contributed by atoms with Crippen molar-refractivity contribution in [2.45, 2.75) is 32.8 Å². The van der Waals surface area contributed by atoms with Crippen LogP contribution in [0.3, 0.4) is 0 Å². The SMILES string of the molecule is CC(C)CC(O)CNCCCO. The number of aliphatic hydroxyl groups is 2. The number of rotatable bonds is 7. The van der Waals surface area contributed by atoms with Gasteiger partial charge in [0.2, 0.25) is 0 Å². The van der Waals surface area contributed by atoms with Crippen molar-refractivity contribution in [3.63, 3.8) is 0 Å². The summed E-state index contributed by atoms with van der Waals surface area (Å²) in [6.45, 7) is 5.82. The van der Waals surface area contributed by atoms with E-state index in [9.17, 15) is 5.11 Å². The van der Waals surface area contributed by atoms with Gasteiger partial charge in [-0.2, -0.15) is 0 Å². The maximum atomic E-state index is 9.39. The van der Waals surface area contributed by atoms with Crippen LogP contribution < -0.4 is 5.32 Å². The molecule has 0 heterocycles. The molecule has 12 heavy (non-hydrogen) atoms. The van der Waals surface area contributed by atoms with Crippen molar-refractivity contribution in [2.24, 2.45) is 5.92 Å². The Bertz CT molecular complexity index is 96.5. The van der Waals surface area contributed by atoms with Gasteiger partial charge in [-0.1, -0.05) is 13.8 Å². The predicted octanol–water partition coefficient (Wildman–Crippen LogP) is 0.365. The lowest BCUT2D eigenvalue weighted by Gasteiger charge is -2.13. The van der Waals surface area contributed by atoms with Gasteiger partial charge in [0.1, 0.15) is 0 Å². The van der Waals surface area contributed by atoms with Crippen molar-refractivity contribution >= 4 is 0 Å². The largest absolute Gasteiger partial charge is 0.396 e. The van der Waals surface area contributed by atoms with Crippen LogP contribution in [0, 0.1) is 5.92 Å². The summed E-state index contributed by atoms with van der Waals surface area (Å²) in [7, 11) is 0. The third-order valence-electron chi connectivity index (χ3n) is 1.64. The van der Waals surface area contributed by atoms with E-state index in [2.05, 4.69) is 19.2 Å². The van der Waals surface area contributed by atoms with Crippen LogP contribution in [0.2, 0.25) is 0 Å². The monoisotopic (exact) mass is 175 g/mol. The van der Waals surface area contributed by atoms with Gasteiger partial charge < -0.3 is 15.5 Å². The lowest BCUT2D eigenvalue weighted by Crippen LogP contribution is -2.28. The zero-order valence-electron chi connectivity index (χ0n) is 8.08. The average molecular weight is 175 g/mol. The van der Waals surface area contributed by atoms with E-state index in [0.29, 0.717) is 12.5 Å². The van der Waals surface area contributed by atoms with E-state index in [4.69, 9.17) is 5.11 Å². The fraction of sp³-hybridized carbons (Fsp3) is 1.00. The lowest BCUT2D eigenvalue weighted by atomic mass is 10.1. The van der Waals surface area contributed by atoms with Gasteiger partial charge in [0.05, 0.1) is 6.10 Å². The van der Waals surface area contributed by atoms with E-state index in [1.165, 1.54) is 0 Å². The van der Waals surface area contributed by atoms with E-state index < -0.39 is 0 Å². The molecule has 3 nitrogen and oxygen atoms in total. The normalized spacial score (nSPS) is 13.8. The van der Waals surface area contributed by atoms with Crippen molar-refractivity contribution in [3.05, 3.63) is 0 Å². The molecule has 74 valence electrons. The highest BCUT2D eigenvalue weighted by molar-refractivity contribution is 4.61. The van der Waals surface area contributed by atoms with Gasteiger partial charge in [-0.25, -0.2) is 0 Å². The summed E-state index contributed by atoms with van der Waals surface area (Å²) in [5.74, 6) is 0.541. The lowest BCUT2D eigenvalue weighted by molar-refractivity contribution is 0.145. The van der Waals surface area contributed by atoms with E-state index >= 15 is 0 Å². The summed E-state index contributed by atoms with van der Waals surface area (Å²) in [5.41, 5.74) is 0. The second-order valence-corrected chi connectivity index (χ2v) is 3.56. The summed E-state index contributed by atoms with van der Waals surface area (Å²) in [5, 5.41) is 20.9. The van der Waals surface area contributed by atoms with E-state index in [1.807, 2.05) is 0 Å². The molecule has 0 rings (SSSR count). The Labute approximate surface area is 74.8 Å². The minimum atomic E-state index is -0.247. The molecule has 1 unspecified atom stereocenters. The molecule has 0 saturated heterocycles. The molecule has 0 fully saturated rings. The van der Waals surface area contributed by atoms with Gasteiger partial charge in [0.15, 0.2) is 0 Å². The first kappa shape index (κ1) is 11.9. The van der Waals surface area contributed by atoms with Crippen LogP contribution in [0.15, 0.2) is 0 Å². The van der Waals surface area contributed by atoms with Gasteiger partial charge in [-0.3, -0.25) is 0 Å². The van der Waals surface area contributed by atoms with Crippen LogP contribution in [0.5, 0.6) is 0 Å². The fourth-order valence-corrected chi connectivity index (χ4v) is 1.10. The molecular weight excluding hydrogens is 154 g/mol. The second-order valence-electron chi connectivity index (χ2n) is 3.56. The van der Waals surface area contributed by atoms with Crippen LogP contribution >= 0.6 is 0 Å². The first-order chi connectivity index (χ1) is 5.66. The van der Waals surface area contributed by atoms with Crippen molar-refractivity contribution in [2.75, 3.05) is 19.7 Å². The maximum absolute atomic E-state index is 9.39. The van der Waals surface area contributed by atoms with Gasteiger partial charge in [0.25, 0.3) is 0 Å². The molecule has 0 aliphatic rings. The topological polar surface area (TPSA) is 52.5 Å². The molecule has 0 aliphatic heterocycles. The molecular formula is C9H21NO2. The molecule has 0 aliphatic carbocycles. The van der Waals surface area contributed by atoms with E-state index in [0.717, 1.165) is 19.4 Å². The predicted molar refractivity (Wildman–Crippen MR) is 50.0 cm³/mol. The summed E-state index contributed by atoms with van der Waals surface area (Å²) >= 11 is 0. The first-order valence-corrected chi connectivity index (χ1v) is 4.66. The molecule has 0 radical (unpaired) electrons. The van der Waals surface area contributed by atoms with Crippen LogP contribution in [0.25, 0.3) is 0 Å². The van der Waals surface area contributed by atoms with Gasteiger partial charge in [0, 0.05) is 13.2 Å². The van der Waals surface area contributed by atoms with Gasteiger partial charge >= 0.3 is 0 Å². The molecule has 0 spiro atoms. The minimum absolute atomic E-state index is 0.216. The van der Waals surface area contributed by atoms with E-state index in [-0.39, 0.29) is 12.7 Å². The smallest absolute Gasteiger partial charge is 0.0667 e. The molecule has 0 aromatic rings.